The zero-order valence-electron chi connectivity index (χ0n) is 31.2. The number of fused-ring (bicyclic) bond motifs is 3. The molecule has 0 aliphatic rings. The van der Waals surface area contributed by atoms with E-state index in [0.29, 0.717) is 0 Å². The average Bonchev–Trinajstić information content (AvgIpc) is 3.67. The molecule has 10 rings (SSSR count). The Morgan fingerprint density at radius 1 is 0.228 bits per heavy atom. The van der Waals surface area contributed by atoms with Crippen molar-refractivity contribution in [1.29, 1.82) is 0 Å². The fourth-order valence-electron chi connectivity index (χ4n) is 7.84. The van der Waals surface area contributed by atoms with Crippen molar-refractivity contribution in [2.75, 3.05) is 9.80 Å². The van der Waals surface area contributed by atoms with Gasteiger partial charge in [0.05, 0.1) is 0 Å². The van der Waals surface area contributed by atoms with Gasteiger partial charge in [-0.2, -0.15) is 0 Å². The fraction of sp³-hybridized carbons (Fsp3) is 0. The van der Waals surface area contributed by atoms with Crippen LogP contribution in [-0.4, -0.2) is 0 Å². The van der Waals surface area contributed by atoms with Crippen molar-refractivity contribution in [2.24, 2.45) is 0 Å². The summed E-state index contributed by atoms with van der Waals surface area (Å²) in [5.74, 6) is 0. The van der Waals surface area contributed by atoms with Crippen LogP contribution in [0.25, 0.3) is 55.3 Å². The van der Waals surface area contributed by atoms with Crippen molar-refractivity contribution in [2.45, 2.75) is 0 Å². The van der Waals surface area contributed by atoms with E-state index in [0.717, 1.165) is 89.4 Å². The van der Waals surface area contributed by atoms with Crippen LogP contribution in [0.1, 0.15) is 0 Å². The van der Waals surface area contributed by atoms with Gasteiger partial charge in [-0.05, 0) is 143 Å². The Balaban J connectivity index is 1.08. The van der Waals surface area contributed by atoms with Crippen molar-refractivity contribution in [1.82, 2.24) is 0 Å². The highest BCUT2D eigenvalue weighted by Gasteiger charge is 2.16. The highest BCUT2D eigenvalue weighted by Crippen LogP contribution is 2.40. The number of hydrogen-bond donors (Lipinski definition) is 0. The zero-order chi connectivity index (χ0) is 38.0. The standard InChI is InChI=1S/C54H38N2O/c1-5-15-45(16-6-1)55(46-17-7-2-8-18-46)49-30-25-39(26-31-49)42-35-43(37-44(36-42)41-29-34-54-52(38-41)51-23-13-14-24-53(51)57-54)40-27-32-50(33-28-40)56(47-19-9-3-10-20-47)48-21-11-4-12-22-48/h1-38H. The van der Waals surface area contributed by atoms with Crippen molar-refractivity contribution in [3.05, 3.63) is 231 Å². The van der Waals surface area contributed by atoms with Crippen LogP contribution in [-0.2, 0) is 0 Å². The number of furan rings is 1. The van der Waals surface area contributed by atoms with Gasteiger partial charge in [-0.25, -0.2) is 0 Å². The monoisotopic (exact) mass is 730 g/mol. The van der Waals surface area contributed by atoms with Gasteiger partial charge in [0.2, 0.25) is 0 Å². The molecule has 0 saturated heterocycles. The van der Waals surface area contributed by atoms with Gasteiger partial charge >= 0.3 is 0 Å². The number of nitrogens with zero attached hydrogens (tertiary/aromatic N) is 2. The van der Waals surface area contributed by atoms with Gasteiger partial charge in [0.1, 0.15) is 11.2 Å². The van der Waals surface area contributed by atoms with E-state index >= 15 is 0 Å². The van der Waals surface area contributed by atoms with Crippen LogP contribution in [0, 0.1) is 0 Å². The maximum atomic E-state index is 6.21. The van der Waals surface area contributed by atoms with E-state index in [9.17, 15) is 0 Å². The summed E-state index contributed by atoms with van der Waals surface area (Å²) < 4.78 is 6.21. The third kappa shape index (κ3) is 6.73. The third-order valence-corrected chi connectivity index (χ3v) is 10.6. The Hall–Kier alpha value is -7.62. The van der Waals surface area contributed by atoms with E-state index < -0.39 is 0 Å². The summed E-state index contributed by atoms with van der Waals surface area (Å²) in [5, 5.41) is 2.24. The highest BCUT2D eigenvalue weighted by atomic mass is 16.3. The topological polar surface area (TPSA) is 19.6 Å². The second kappa shape index (κ2) is 14.9. The highest BCUT2D eigenvalue weighted by molar-refractivity contribution is 6.06. The van der Waals surface area contributed by atoms with E-state index in [1.165, 1.54) is 0 Å². The maximum Gasteiger partial charge on any atom is 0.135 e. The molecule has 1 heterocycles. The SMILES string of the molecule is c1ccc(N(c2ccccc2)c2ccc(-c3cc(-c4ccc(N(c5ccccc5)c5ccccc5)cc4)cc(-c4ccc5oc6ccccc6c5c4)c3)cc2)cc1. The molecular formula is C54H38N2O. The largest absolute Gasteiger partial charge is 0.456 e. The van der Waals surface area contributed by atoms with Crippen LogP contribution < -0.4 is 9.80 Å². The Morgan fingerprint density at radius 3 is 1.00 bits per heavy atom. The predicted octanol–water partition coefficient (Wildman–Crippen LogP) is 15.5. The number of rotatable bonds is 9. The van der Waals surface area contributed by atoms with Gasteiger partial charge < -0.3 is 14.2 Å². The first-order chi connectivity index (χ1) is 28.2. The molecule has 57 heavy (non-hydrogen) atoms. The minimum Gasteiger partial charge on any atom is -0.456 e. The molecule has 0 amide bonds. The lowest BCUT2D eigenvalue weighted by Crippen LogP contribution is -2.09. The minimum absolute atomic E-state index is 0.894. The van der Waals surface area contributed by atoms with E-state index in [1.54, 1.807) is 0 Å². The van der Waals surface area contributed by atoms with Crippen LogP contribution in [0.4, 0.5) is 34.1 Å². The summed E-state index contributed by atoms with van der Waals surface area (Å²) >= 11 is 0. The third-order valence-electron chi connectivity index (χ3n) is 10.6. The lowest BCUT2D eigenvalue weighted by molar-refractivity contribution is 0.669. The summed E-state index contributed by atoms with van der Waals surface area (Å²) in [6.45, 7) is 0. The summed E-state index contributed by atoms with van der Waals surface area (Å²) in [4.78, 5) is 4.59. The molecule has 0 N–H and O–H groups in total. The molecule has 0 unspecified atom stereocenters. The lowest BCUT2D eigenvalue weighted by Gasteiger charge is -2.25. The van der Waals surface area contributed by atoms with Crippen LogP contribution in [0.15, 0.2) is 235 Å². The molecule has 3 nitrogen and oxygen atoms in total. The van der Waals surface area contributed by atoms with Crippen molar-refractivity contribution in [3.63, 3.8) is 0 Å². The molecule has 0 bridgehead atoms. The summed E-state index contributed by atoms with van der Waals surface area (Å²) in [6.07, 6.45) is 0. The molecule has 1 aromatic heterocycles. The summed E-state index contributed by atoms with van der Waals surface area (Å²) in [6, 6.07) is 81.8. The molecule has 0 atom stereocenters. The predicted molar refractivity (Wildman–Crippen MR) is 239 cm³/mol. The number of benzene rings is 9. The zero-order valence-corrected chi connectivity index (χ0v) is 31.2. The molecule has 270 valence electrons. The van der Waals surface area contributed by atoms with Crippen LogP contribution in [0.5, 0.6) is 0 Å². The van der Waals surface area contributed by atoms with E-state index in [-0.39, 0.29) is 0 Å². The average molecular weight is 731 g/mol. The maximum absolute atomic E-state index is 6.21. The normalized spacial score (nSPS) is 11.2. The van der Waals surface area contributed by atoms with E-state index in [4.69, 9.17) is 4.42 Å². The van der Waals surface area contributed by atoms with Crippen LogP contribution >= 0.6 is 0 Å². The van der Waals surface area contributed by atoms with Gasteiger partial charge in [-0.3, -0.25) is 0 Å². The number of hydrogen-bond acceptors (Lipinski definition) is 3. The van der Waals surface area contributed by atoms with Crippen molar-refractivity contribution in [3.8, 4) is 33.4 Å². The first-order valence-corrected chi connectivity index (χ1v) is 19.3. The van der Waals surface area contributed by atoms with E-state index in [2.05, 4.69) is 228 Å². The smallest absolute Gasteiger partial charge is 0.135 e. The molecule has 0 spiro atoms. The van der Waals surface area contributed by atoms with Crippen molar-refractivity contribution < 1.29 is 4.42 Å². The first-order valence-electron chi connectivity index (χ1n) is 19.3. The quantitative estimate of drug-likeness (QED) is 0.147. The van der Waals surface area contributed by atoms with Crippen LogP contribution in [0.2, 0.25) is 0 Å². The Kier molecular flexibility index (Phi) is 8.86. The van der Waals surface area contributed by atoms with Gasteiger partial charge in [0.25, 0.3) is 0 Å². The van der Waals surface area contributed by atoms with Gasteiger partial charge in [0.15, 0.2) is 0 Å². The Labute approximate surface area is 333 Å². The van der Waals surface area contributed by atoms with Gasteiger partial charge in [-0.1, -0.05) is 121 Å². The molecular weight excluding hydrogens is 693 g/mol. The molecule has 0 aliphatic carbocycles. The molecule has 0 fully saturated rings. The molecule has 9 aromatic carbocycles. The fourth-order valence-corrected chi connectivity index (χ4v) is 7.84. The van der Waals surface area contributed by atoms with Crippen molar-refractivity contribution >= 4 is 56.1 Å². The first kappa shape index (κ1) is 33.9. The summed E-state index contributed by atoms with van der Waals surface area (Å²) in [5.41, 5.74) is 15.3. The molecule has 0 aliphatic heterocycles. The molecule has 3 heteroatoms. The van der Waals surface area contributed by atoms with E-state index in [1.807, 2.05) is 12.1 Å². The lowest BCUT2D eigenvalue weighted by atomic mass is 9.92. The van der Waals surface area contributed by atoms with Gasteiger partial charge in [-0.15, -0.1) is 0 Å². The molecule has 10 aromatic rings. The second-order valence-corrected chi connectivity index (χ2v) is 14.2. The van der Waals surface area contributed by atoms with Crippen LogP contribution in [0.3, 0.4) is 0 Å². The Bertz CT molecular complexity index is 2700. The Morgan fingerprint density at radius 2 is 0.561 bits per heavy atom. The number of anilines is 6. The molecule has 0 radical (unpaired) electrons. The second-order valence-electron chi connectivity index (χ2n) is 14.2. The number of para-hydroxylation sites is 5. The minimum atomic E-state index is 0.894. The van der Waals surface area contributed by atoms with Gasteiger partial charge in [0, 0.05) is 44.9 Å². The summed E-state index contributed by atoms with van der Waals surface area (Å²) in [7, 11) is 0. The molecule has 0 saturated carbocycles.